The van der Waals surface area contributed by atoms with Gasteiger partial charge in [0.1, 0.15) is 5.75 Å². The molecule has 1 N–H and O–H groups in total. The van der Waals surface area contributed by atoms with Gasteiger partial charge in [-0.1, -0.05) is 6.92 Å². The van der Waals surface area contributed by atoms with Gasteiger partial charge in [0.15, 0.2) is 6.10 Å². The van der Waals surface area contributed by atoms with E-state index in [4.69, 9.17) is 9.84 Å². The zero-order chi connectivity index (χ0) is 20.5. The lowest BCUT2D eigenvalue weighted by atomic mass is 9.89. The Balaban J connectivity index is 3.58. The number of halogens is 6. The lowest BCUT2D eigenvalue weighted by Gasteiger charge is -2.36. The normalized spacial score (nSPS) is 14.2. The molecule has 0 aliphatic rings. The largest absolute Gasteiger partial charge is 0.479 e. The summed E-state index contributed by atoms with van der Waals surface area (Å²) in [5, 5.41) is 9.01. The molecular weight excluding hydrogens is 370 g/mol. The van der Waals surface area contributed by atoms with Crippen molar-refractivity contribution in [2.24, 2.45) is 0 Å². The van der Waals surface area contributed by atoms with Crippen LogP contribution in [-0.4, -0.2) is 36.6 Å². The minimum Gasteiger partial charge on any atom is -0.479 e. The number of aliphatic carboxylic acids is 1. The van der Waals surface area contributed by atoms with Gasteiger partial charge in [-0.05, 0) is 43.5 Å². The zero-order valence-corrected chi connectivity index (χ0v) is 14.4. The summed E-state index contributed by atoms with van der Waals surface area (Å²) in [5.41, 5.74) is -5.82. The van der Waals surface area contributed by atoms with Gasteiger partial charge < -0.3 is 14.6 Å². The summed E-state index contributed by atoms with van der Waals surface area (Å²) in [6.07, 6.45) is -12.8. The van der Waals surface area contributed by atoms with Gasteiger partial charge in [-0.3, -0.25) is 0 Å². The maximum atomic E-state index is 13.3. The third-order valence-corrected chi connectivity index (χ3v) is 3.88. The predicted molar refractivity (Wildman–Crippen MR) is 79.1 cm³/mol. The fraction of sp³-hybridized carbons (Fsp3) is 0.562. The minimum absolute atomic E-state index is 0.0586. The number of benzene rings is 1. The van der Waals surface area contributed by atoms with Crippen molar-refractivity contribution in [1.82, 2.24) is 0 Å². The molecule has 4 nitrogen and oxygen atoms in total. The van der Waals surface area contributed by atoms with Crippen LogP contribution in [0.1, 0.15) is 30.0 Å². The van der Waals surface area contributed by atoms with Gasteiger partial charge in [0, 0.05) is 12.7 Å². The summed E-state index contributed by atoms with van der Waals surface area (Å²) in [4.78, 5) is 11.1. The van der Waals surface area contributed by atoms with Gasteiger partial charge in [0.05, 0.1) is 0 Å². The monoisotopic (exact) mass is 388 g/mol. The Labute approximate surface area is 145 Å². The second-order valence-corrected chi connectivity index (χ2v) is 5.67. The van der Waals surface area contributed by atoms with Crippen molar-refractivity contribution in [2.45, 2.75) is 51.2 Å². The Morgan fingerprint density at radius 2 is 1.50 bits per heavy atom. The Morgan fingerprint density at radius 1 is 1.08 bits per heavy atom. The third-order valence-electron chi connectivity index (χ3n) is 3.88. The van der Waals surface area contributed by atoms with Crippen LogP contribution in [0.2, 0.25) is 0 Å². The topological polar surface area (TPSA) is 55.8 Å². The molecule has 0 amide bonds. The molecule has 148 valence electrons. The van der Waals surface area contributed by atoms with Gasteiger partial charge in [-0.15, -0.1) is 0 Å². The molecule has 26 heavy (non-hydrogen) atoms. The lowest BCUT2D eigenvalue weighted by molar-refractivity contribution is -0.383. The van der Waals surface area contributed by atoms with Gasteiger partial charge in [0.25, 0.3) is 5.60 Å². The van der Waals surface area contributed by atoms with E-state index in [9.17, 15) is 31.1 Å². The van der Waals surface area contributed by atoms with Gasteiger partial charge >= 0.3 is 18.3 Å². The van der Waals surface area contributed by atoms with Crippen LogP contribution < -0.4 is 4.74 Å². The molecule has 0 saturated carbocycles. The number of carboxylic acid groups (broad SMARTS) is 1. The van der Waals surface area contributed by atoms with Crippen LogP contribution in [0.15, 0.2) is 12.1 Å². The number of rotatable bonds is 6. The summed E-state index contributed by atoms with van der Waals surface area (Å²) in [6, 6.07) is 1.28. The van der Waals surface area contributed by atoms with Crippen molar-refractivity contribution < 1.29 is 45.7 Å². The number of hydrogen-bond donors (Lipinski definition) is 1. The second kappa shape index (κ2) is 7.34. The molecule has 1 unspecified atom stereocenters. The highest BCUT2D eigenvalue weighted by atomic mass is 19.4. The molecule has 10 heteroatoms. The molecule has 0 aliphatic heterocycles. The summed E-state index contributed by atoms with van der Waals surface area (Å²) < 4.78 is 89.2. The van der Waals surface area contributed by atoms with E-state index in [1.165, 1.54) is 20.8 Å². The van der Waals surface area contributed by atoms with Crippen molar-refractivity contribution in [3.05, 3.63) is 28.8 Å². The van der Waals surface area contributed by atoms with Crippen LogP contribution in [0, 0.1) is 13.8 Å². The molecule has 0 heterocycles. The first kappa shape index (κ1) is 22.1. The zero-order valence-electron chi connectivity index (χ0n) is 14.4. The average Bonchev–Trinajstić information content (AvgIpc) is 2.44. The van der Waals surface area contributed by atoms with Crippen molar-refractivity contribution >= 4 is 5.97 Å². The fourth-order valence-electron chi connectivity index (χ4n) is 2.63. The SMILES string of the molecule is CCC(Oc1c(C)cc(C(OC)(C(F)(F)F)C(F)(F)F)cc1C)C(=O)O. The number of aryl methyl sites for hydroxylation is 2. The summed E-state index contributed by atoms with van der Waals surface area (Å²) in [5.74, 6) is -1.38. The van der Waals surface area contributed by atoms with Gasteiger partial charge in [0.2, 0.25) is 0 Å². The first-order chi connectivity index (χ1) is 11.7. The Morgan fingerprint density at radius 3 is 1.77 bits per heavy atom. The van der Waals surface area contributed by atoms with Crippen molar-refractivity contribution in [1.29, 1.82) is 0 Å². The van der Waals surface area contributed by atoms with E-state index in [0.717, 1.165) is 0 Å². The van der Waals surface area contributed by atoms with Crippen LogP contribution in [0.25, 0.3) is 0 Å². The summed E-state index contributed by atoms with van der Waals surface area (Å²) in [6.45, 7) is 3.97. The van der Waals surface area contributed by atoms with Crippen LogP contribution in [-0.2, 0) is 15.1 Å². The van der Waals surface area contributed by atoms with E-state index < -0.39 is 35.6 Å². The quantitative estimate of drug-likeness (QED) is 0.729. The number of alkyl halides is 6. The molecule has 1 rings (SSSR count). The van der Waals surface area contributed by atoms with Gasteiger partial charge in [-0.2, -0.15) is 26.3 Å². The fourth-order valence-corrected chi connectivity index (χ4v) is 2.63. The molecule has 0 spiro atoms. The second-order valence-electron chi connectivity index (χ2n) is 5.67. The average molecular weight is 388 g/mol. The van der Waals surface area contributed by atoms with E-state index in [1.54, 1.807) is 0 Å². The molecule has 0 aliphatic carbocycles. The summed E-state index contributed by atoms with van der Waals surface area (Å²) >= 11 is 0. The number of methoxy groups -OCH3 is 1. The molecule has 0 fully saturated rings. The smallest absolute Gasteiger partial charge is 0.430 e. The van der Waals surface area contributed by atoms with Crippen molar-refractivity contribution in [3.8, 4) is 5.75 Å². The Hall–Kier alpha value is -1.97. The number of ether oxygens (including phenoxy) is 2. The predicted octanol–water partition coefficient (Wildman–Crippen LogP) is 4.51. The van der Waals surface area contributed by atoms with E-state index in [-0.39, 0.29) is 23.3 Å². The molecule has 0 saturated heterocycles. The first-order valence-corrected chi connectivity index (χ1v) is 7.42. The molecule has 1 atom stereocenters. The highest BCUT2D eigenvalue weighted by Gasteiger charge is 2.73. The maximum absolute atomic E-state index is 13.3. The molecule has 0 aromatic heterocycles. The van der Waals surface area contributed by atoms with Crippen LogP contribution in [0.4, 0.5) is 26.3 Å². The molecule has 0 bridgehead atoms. The Kier molecular flexibility index (Phi) is 6.23. The minimum atomic E-state index is -5.77. The van der Waals surface area contributed by atoms with Crippen LogP contribution >= 0.6 is 0 Å². The maximum Gasteiger partial charge on any atom is 0.430 e. The number of carboxylic acids is 1. The molecular formula is C16H18F6O4. The van der Waals surface area contributed by atoms with Crippen LogP contribution in [0.3, 0.4) is 0 Å². The van der Waals surface area contributed by atoms with Crippen molar-refractivity contribution in [3.63, 3.8) is 0 Å². The van der Waals surface area contributed by atoms with E-state index in [0.29, 0.717) is 19.2 Å². The highest BCUT2D eigenvalue weighted by molar-refractivity contribution is 5.72. The van der Waals surface area contributed by atoms with Crippen LogP contribution in [0.5, 0.6) is 5.75 Å². The Bertz CT molecular complexity index is 629. The van der Waals surface area contributed by atoms with Crippen molar-refractivity contribution in [2.75, 3.05) is 7.11 Å². The molecule has 1 aromatic rings. The van der Waals surface area contributed by atoms with E-state index in [2.05, 4.69) is 4.74 Å². The highest BCUT2D eigenvalue weighted by Crippen LogP contribution is 2.53. The first-order valence-electron chi connectivity index (χ1n) is 7.42. The number of carbonyl (C=O) groups is 1. The summed E-state index contributed by atoms with van der Waals surface area (Å²) in [7, 11) is 0.327. The van der Waals surface area contributed by atoms with E-state index >= 15 is 0 Å². The molecule has 1 aromatic carbocycles. The third kappa shape index (κ3) is 3.74. The standard InChI is InChI=1S/C16H18F6O4/c1-5-11(13(23)24)26-12-8(2)6-10(7-9(12)3)14(25-4,15(17,18)19)16(20,21)22/h6-7,11H,5H2,1-4H3,(H,23,24). The van der Waals surface area contributed by atoms with Gasteiger partial charge in [-0.25, -0.2) is 4.79 Å². The molecule has 0 radical (unpaired) electrons. The lowest BCUT2D eigenvalue weighted by Crippen LogP contribution is -2.55. The number of hydrogen-bond acceptors (Lipinski definition) is 3. The van der Waals surface area contributed by atoms with E-state index in [1.807, 2.05) is 0 Å².